The van der Waals surface area contributed by atoms with Gasteiger partial charge < -0.3 is 10.1 Å². The highest BCUT2D eigenvalue weighted by Crippen LogP contribution is 2.29. The fourth-order valence-corrected chi connectivity index (χ4v) is 4.57. The number of ether oxygens (including phenoxy) is 1. The number of sulfonamides is 1. The van der Waals surface area contributed by atoms with Gasteiger partial charge in [0.1, 0.15) is 5.75 Å². The van der Waals surface area contributed by atoms with E-state index in [-0.39, 0.29) is 35.6 Å². The molecule has 0 bridgehead atoms. The minimum Gasteiger partial charge on any atom is -0.497 e. The van der Waals surface area contributed by atoms with Crippen molar-refractivity contribution in [2.45, 2.75) is 17.5 Å². The summed E-state index contributed by atoms with van der Waals surface area (Å²) in [6, 6.07) is 9.78. The Hall–Kier alpha value is -3.31. The molecule has 3 aromatic rings. The van der Waals surface area contributed by atoms with Gasteiger partial charge >= 0.3 is 0 Å². The van der Waals surface area contributed by atoms with E-state index in [1.54, 1.807) is 24.5 Å². The Bertz CT molecular complexity index is 1140. The maximum Gasteiger partial charge on any atom is 0.273 e. The number of nitrogens with one attached hydrogen (secondary N) is 1. The minimum atomic E-state index is -3.62. The van der Waals surface area contributed by atoms with Crippen molar-refractivity contribution in [1.29, 1.82) is 0 Å². The fourth-order valence-electron chi connectivity index (χ4n) is 3.02. The van der Waals surface area contributed by atoms with E-state index < -0.39 is 10.0 Å². The second-order valence-corrected chi connectivity index (χ2v) is 8.71. The number of hydrogen-bond acceptors (Lipinski definition) is 7. The lowest BCUT2D eigenvalue weighted by Crippen LogP contribution is -2.50. The molecule has 0 unspecified atom stereocenters. The SMILES string of the molecule is COc1cccc(S(=O)(=O)N2CC(n3cc(C(=O)NCc4ccncc4)nn3)C2)c1. The van der Waals surface area contributed by atoms with E-state index in [1.807, 2.05) is 12.1 Å². The minimum absolute atomic E-state index is 0.176. The van der Waals surface area contributed by atoms with E-state index in [2.05, 4.69) is 20.6 Å². The third-order valence-electron chi connectivity index (χ3n) is 4.83. The van der Waals surface area contributed by atoms with Crippen molar-refractivity contribution < 1.29 is 17.9 Å². The Morgan fingerprint density at radius 1 is 1.23 bits per heavy atom. The summed E-state index contributed by atoms with van der Waals surface area (Å²) in [5.41, 5.74) is 1.10. The molecule has 2 aromatic heterocycles. The molecule has 3 heterocycles. The second-order valence-electron chi connectivity index (χ2n) is 6.78. The van der Waals surface area contributed by atoms with E-state index in [4.69, 9.17) is 4.74 Å². The normalized spacial score (nSPS) is 14.8. The molecule has 4 rings (SSSR count). The zero-order valence-corrected chi connectivity index (χ0v) is 17.0. The summed E-state index contributed by atoms with van der Waals surface area (Å²) >= 11 is 0. The quantitative estimate of drug-likeness (QED) is 0.593. The summed E-state index contributed by atoms with van der Waals surface area (Å²) in [6.45, 7) is 0.853. The van der Waals surface area contributed by atoms with Crippen LogP contribution in [0.1, 0.15) is 22.1 Å². The monoisotopic (exact) mass is 428 g/mol. The van der Waals surface area contributed by atoms with Crippen LogP contribution < -0.4 is 10.1 Å². The molecule has 1 saturated heterocycles. The molecular formula is C19H20N6O4S. The number of methoxy groups -OCH3 is 1. The van der Waals surface area contributed by atoms with Gasteiger partial charge in [-0.05, 0) is 29.8 Å². The average molecular weight is 428 g/mol. The standard InChI is InChI=1S/C19H20N6O4S/c1-29-16-3-2-4-17(9-16)30(27,28)24-11-15(12-24)25-13-18(22-23-25)19(26)21-10-14-5-7-20-8-6-14/h2-9,13,15H,10-12H2,1H3,(H,21,26). The van der Waals surface area contributed by atoms with Crippen LogP contribution in [0.5, 0.6) is 5.75 Å². The lowest BCUT2D eigenvalue weighted by molar-refractivity contribution is 0.0945. The summed E-state index contributed by atoms with van der Waals surface area (Å²) in [5, 5.41) is 10.7. The lowest BCUT2D eigenvalue weighted by Gasteiger charge is -2.37. The first kappa shape index (κ1) is 20.0. The molecule has 0 saturated carbocycles. The Balaban J connectivity index is 1.36. The first-order valence-corrected chi connectivity index (χ1v) is 10.6. The molecule has 0 aliphatic carbocycles. The summed E-state index contributed by atoms with van der Waals surface area (Å²) in [6.07, 6.45) is 4.83. The van der Waals surface area contributed by atoms with Gasteiger partial charge in [0.2, 0.25) is 10.0 Å². The number of nitrogens with zero attached hydrogens (tertiary/aromatic N) is 5. The zero-order valence-electron chi connectivity index (χ0n) is 16.2. The highest BCUT2D eigenvalue weighted by molar-refractivity contribution is 7.89. The van der Waals surface area contributed by atoms with Crippen molar-refractivity contribution in [3.8, 4) is 5.75 Å². The highest BCUT2D eigenvalue weighted by atomic mass is 32.2. The Morgan fingerprint density at radius 3 is 2.73 bits per heavy atom. The zero-order chi connectivity index (χ0) is 21.1. The molecule has 0 spiro atoms. The van der Waals surface area contributed by atoms with E-state index in [9.17, 15) is 13.2 Å². The molecule has 0 atom stereocenters. The molecule has 1 aliphatic heterocycles. The van der Waals surface area contributed by atoms with E-state index in [0.29, 0.717) is 12.3 Å². The number of hydrogen-bond donors (Lipinski definition) is 1. The predicted molar refractivity (Wildman–Crippen MR) is 106 cm³/mol. The molecule has 1 amide bonds. The van der Waals surface area contributed by atoms with Crippen molar-refractivity contribution >= 4 is 15.9 Å². The first-order chi connectivity index (χ1) is 14.5. The number of pyridine rings is 1. The molecule has 11 heteroatoms. The number of aromatic nitrogens is 4. The second kappa shape index (κ2) is 8.20. The van der Waals surface area contributed by atoms with Crippen LogP contribution in [0.2, 0.25) is 0 Å². The molecule has 1 aromatic carbocycles. The molecule has 1 aliphatic rings. The van der Waals surface area contributed by atoms with Crippen LogP contribution in [0, 0.1) is 0 Å². The Labute approximate surface area is 173 Å². The van der Waals surface area contributed by atoms with Gasteiger partial charge in [-0.2, -0.15) is 4.31 Å². The van der Waals surface area contributed by atoms with Crippen LogP contribution in [-0.2, 0) is 16.6 Å². The van der Waals surface area contributed by atoms with Crippen LogP contribution in [0.3, 0.4) is 0 Å². The maximum atomic E-state index is 12.7. The first-order valence-electron chi connectivity index (χ1n) is 9.20. The molecule has 10 nitrogen and oxygen atoms in total. The van der Waals surface area contributed by atoms with Crippen LogP contribution >= 0.6 is 0 Å². The number of carbonyl (C=O) groups is 1. The summed E-state index contributed by atoms with van der Waals surface area (Å²) in [5.74, 6) is 0.130. The van der Waals surface area contributed by atoms with Crippen molar-refractivity contribution in [2.75, 3.05) is 20.2 Å². The molecular weight excluding hydrogens is 408 g/mol. The number of carbonyl (C=O) groups excluding carboxylic acids is 1. The van der Waals surface area contributed by atoms with E-state index in [1.165, 1.54) is 34.4 Å². The van der Waals surface area contributed by atoms with Gasteiger partial charge in [-0.25, -0.2) is 13.1 Å². The largest absolute Gasteiger partial charge is 0.497 e. The summed E-state index contributed by atoms with van der Waals surface area (Å²) in [4.78, 5) is 16.4. The van der Waals surface area contributed by atoms with Gasteiger partial charge in [-0.15, -0.1) is 5.10 Å². The van der Waals surface area contributed by atoms with Gasteiger partial charge in [0.25, 0.3) is 5.91 Å². The van der Waals surface area contributed by atoms with Crippen molar-refractivity contribution in [3.63, 3.8) is 0 Å². The summed E-state index contributed by atoms with van der Waals surface area (Å²) < 4.78 is 33.5. The van der Waals surface area contributed by atoms with Crippen LogP contribution in [-0.4, -0.2) is 58.8 Å². The molecule has 30 heavy (non-hydrogen) atoms. The van der Waals surface area contributed by atoms with Crippen LogP contribution in [0.4, 0.5) is 0 Å². The molecule has 1 fully saturated rings. The van der Waals surface area contributed by atoms with Gasteiger partial charge in [0.15, 0.2) is 5.69 Å². The Morgan fingerprint density at radius 2 is 2.00 bits per heavy atom. The van der Waals surface area contributed by atoms with Gasteiger partial charge in [0.05, 0.1) is 24.2 Å². The fraction of sp³-hybridized carbons (Fsp3) is 0.263. The van der Waals surface area contributed by atoms with Crippen molar-refractivity contribution in [1.82, 2.24) is 29.6 Å². The average Bonchev–Trinajstić information content (AvgIpc) is 3.21. The highest BCUT2D eigenvalue weighted by Gasteiger charge is 2.38. The molecule has 156 valence electrons. The van der Waals surface area contributed by atoms with Crippen LogP contribution in [0.25, 0.3) is 0 Å². The van der Waals surface area contributed by atoms with Gasteiger partial charge in [-0.1, -0.05) is 11.3 Å². The van der Waals surface area contributed by atoms with Gasteiger partial charge in [-0.3, -0.25) is 9.78 Å². The predicted octanol–water partition coefficient (Wildman–Crippen LogP) is 0.857. The Kier molecular flexibility index (Phi) is 5.46. The molecule has 0 radical (unpaired) electrons. The number of amides is 1. The van der Waals surface area contributed by atoms with E-state index in [0.717, 1.165) is 5.56 Å². The smallest absolute Gasteiger partial charge is 0.273 e. The lowest BCUT2D eigenvalue weighted by atomic mass is 10.2. The third-order valence-corrected chi connectivity index (χ3v) is 6.65. The summed E-state index contributed by atoms with van der Waals surface area (Å²) in [7, 11) is -2.13. The maximum absolute atomic E-state index is 12.7. The number of rotatable bonds is 7. The van der Waals surface area contributed by atoms with Crippen LogP contribution in [0.15, 0.2) is 59.9 Å². The van der Waals surface area contributed by atoms with Gasteiger partial charge in [0, 0.05) is 38.1 Å². The van der Waals surface area contributed by atoms with Crippen molar-refractivity contribution in [2.24, 2.45) is 0 Å². The molecule has 1 N–H and O–H groups in total. The van der Waals surface area contributed by atoms with Crippen molar-refractivity contribution in [3.05, 3.63) is 66.2 Å². The van der Waals surface area contributed by atoms with E-state index >= 15 is 0 Å². The third kappa shape index (κ3) is 4.02. The number of benzene rings is 1. The topological polar surface area (TPSA) is 119 Å².